The molecule has 0 aliphatic carbocycles. The minimum atomic E-state index is -0.101. The minimum Gasteiger partial charge on any atom is -0.482 e. The van der Waals surface area contributed by atoms with Crippen LogP contribution in [0.1, 0.15) is 11.1 Å². The first-order valence-corrected chi connectivity index (χ1v) is 6.30. The van der Waals surface area contributed by atoms with E-state index in [4.69, 9.17) is 10.00 Å². The van der Waals surface area contributed by atoms with Crippen molar-refractivity contribution in [3.8, 4) is 11.8 Å². The molecule has 0 bridgehead atoms. The summed E-state index contributed by atoms with van der Waals surface area (Å²) in [6.07, 6.45) is 0. The average molecular weight is 264 g/mol. The zero-order valence-electron chi connectivity index (χ0n) is 10.7. The number of benzene rings is 2. The van der Waals surface area contributed by atoms with Crippen molar-refractivity contribution in [2.75, 3.05) is 11.5 Å². The Morgan fingerprint density at radius 3 is 2.75 bits per heavy atom. The van der Waals surface area contributed by atoms with E-state index < -0.39 is 0 Å². The maximum absolute atomic E-state index is 12.1. The second-order valence-electron chi connectivity index (χ2n) is 4.51. The number of nitriles is 1. The highest BCUT2D eigenvalue weighted by Gasteiger charge is 2.25. The monoisotopic (exact) mass is 264 g/mol. The molecule has 4 heteroatoms. The Bertz CT molecular complexity index is 704. The highest BCUT2D eigenvalue weighted by molar-refractivity contribution is 5.97. The summed E-state index contributed by atoms with van der Waals surface area (Å²) in [6.45, 7) is 0.411. The van der Waals surface area contributed by atoms with Crippen molar-refractivity contribution in [2.24, 2.45) is 0 Å². The second kappa shape index (κ2) is 5.06. The molecule has 1 amide bonds. The molecule has 3 rings (SSSR count). The van der Waals surface area contributed by atoms with Gasteiger partial charge < -0.3 is 9.64 Å². The summed E-state index contributed by atoms with van der Waals surface area (Å²) in [5.74, 6) is 0.595. The van der Waals surface area contributed by atoms with E-state index in [9.17, 15) is 4.79 Å². The Hall–Kier alpha value is -2.80. The smallest absolute Gasteiger partial charge is 0.265 e. The quantitative estimate of drug-likeness (QED) is 0.837. The van der Waals surface area contributed by atoms with Gasteiger partial charge in [0, 0.05) is 0 Å². The van der Waals surface area contributed by atoms with Crippen LogP contribution < -0.4 is 9.64 Å². The van der Waals surface area contributed by atoms with Crippen LogP contribution in [-0.2, 0) is 11.3 Å². The third-order valence-corrected chi connectivity index (χ3v) is 3.27. The molecule has 0 saturated carbocycles. The molecule has 1 heterocycles. The van der Waals surface area contributed by atoms with Gasteiger partial charge in [0.15, 0.2) is 6.61 Å². The summed E-state index contributed by atoms with van der Waals surface area (Å²) in [7, 11) is 0. The molecule has 1 aliphatic rings. The van der Waals surface area contributed by atoms with Gasteiger partial charge in [-0.1, -0.05) is 30.3 Å². The van der Waals surface area contributed by atoms with Crippen LogP contribution in [0.3, 0.4) is 0 Å². The van der Waals surface area contributed by atoms with Gasteiger partial charge in [-0.05, 0) is 23.8 Å². The summed E-state index contributed by atoms with van der Waals surface area (Å²) in [4.78, 5) is 13.7. The number of ether oxygens (including phenoxy) is 1. The summed E-state index contributed by atoms with van der Waals surface area (Å²) >= 11 is 0. The number of fused-ring (bicyclic) bond motifs is 1. The fourth-order valence-corrected chi connectivity index (χ4v) is 2.26. The number of hydrogen-bond acceptors (Lipinski definition) is 3. The number of carbonyl (C=O) groups excluding carboxylic acids is 1. The van der Waals surface area contributed by atoms with Crippen LogP contribution in [0.4, 0.5) is 5.69 Å². The topological polar surface area (TPSA) is 53.3 Å². The Morgan fingerprint density at radius 1 is 1.15 bits per heavy atom. The van der Waals surface area contributed by atoms with Crippen molar-refractivity contribution >= 4 is 11.6 Å². The molecule has 2 aromatic carbocycles. The van der Waals surface area contributed by atoms with Gasteiger partial charge in [0.1, 0.15) is 5.75 Å². The molecule has 0 atom stereocenters. The number of amides is 1. The normalized spacial score (nSPS) is 13.3. The predicted molar refractivity (Wildman–Crippen MR) is 74.3 cm³/mol. The summed E-state index contributed by atoms with van der Waals surface area (Å²) in [6, 6.07) is 16.9. The first kappa shape index (κ1) is 12.2. The van der Waals surface area contributed by atoms with Gasteiger partial charge in [-0.2, -0.15) is 5.26 Å². The average Bonchev–Trinajstić information content (AvgIpc) is 2.50. The van der Waals surface area contributed by atoms with E-state index >= 15 is 0 Å². The van der Waals surface area contributed by atoms with Crippen LogP contribution in [-0.4, -0.2) is 12.5 Å². The van der Waals surface area contributed by atoms with Crippen molar-refractivity contribution in [1.29, 1.82) is 5.26 Å². The Kier molecular flexibility index (Phi) is 3.10. The lowest BCUT2D eigenvalue weighted by atomic mass is 10.1. The van der Waals surface area contributed by atoms with E-state index in [0.29, 0.717) is 17.9 Å². The number of carbonyl (C=O) groups is 1. The van der Waals surface area contributed by atoms with E-state index in [1.807, 2.05) is 42.5 Å². The van der Waals surface area contributed by atoms with E-state index in [0.717, 1.165) is 11.3 Å². The van der Waals surface area contributed by atoms with Crippen LogP contribution >= 0.6 is 0 Å². The molecular weight excluding hydrogens is 252 g/mol. The van der Waals surface area contributed by atoms with Gasteiger partial charge in [-0.25, -0.2) is 0 Å². The molecule has 0 spiro atoms. The summed E-state index contributed by atoms with van der Waals surface area (Å²) in [5.41, 5.74) is 2.17. The van der Waals surface area contributed by atoms with Gasteiger partial charge in [-0.15, -0.1) is 0 Å². The van der Waals surface area contributed by atoms with Gasteiger partial charge in [0.2, 0.25) is 0 Å². The van der Waals surface area contributed by atoms with Gasteiger partial charge in [-0.3, -0.25) is 4.79 Å². The SMILES string of the molecule is N#Cc1ccccc1CN1C(=O)COc2ccccc21. The van der Waals surface area contributed by atoms with E-state index in [1.54, 1.807) is 11.0 Å². The zero-order valence-corrected chi connectivity index (χ0v) is 10.7. The Labute approximate surface area is 116 Å². The molecular formula is C16H12N2O2. The maximum atomic E-state index is 12.1. The van der Waals surface area contributed by atoms with Gasteiger partial charge >= 0.3 is 0 Å². The molecule has 98 valence electrons. The lowest BCUT2D eigenvalue weighted by Gasteiger charge is -2.29. The first-order valence-electron chi connectivity index (χ1n) is 6.30. The highest BCUT2D eigenvalue weighted by atomic mass is 16.5. The first-order chi connectivity index (χ1) is 9.79. The molecule has 1 aliphatic heterocycles. The zero-order chi connectivity index (χ0) is 13.9. The second-order valence-corrected chi connectivity index (χ2v) is 4.51. The van der Waals surface area contributed by atoms with Crippen molar-refractivity contribution in [3.63, 3.8) is 0 Å². The maximum Gasteiger partial charge on any atom is 0.265 e. The summed E-state index contributed by atoms with van der Waals surface area (Å²) in [5, 5.41) is 9.13. The number of para-hydroxylation sites is 2. The molecule has 2 aromatic rings. The van der Waals surface area contributed by atoms with Crippen molar-refractivity contribution in [3.05, 3.63) is 59.7 Å². The molecule has 0 unspecified atom stereocenters. The van der Waals surface area contributed by atoms with Gasteiger partial charge in [0.25, 0.3) is 5.91 Å². The lowest BCUT2D eigenvalue weighted by molar-refractivity contribution is -0.121. The molecule has 0 N–H and O–H groups in total. The van der Waals surface area contributed by atoms with Crippen molar-refractivity contribution in [1.82, 2.24) is 0 Å². The fraction of sp³-hybridized carbons (Fsp3) is 0.125. The number of rotatable bonds is 2. The standard InChI is InChI=1S/C16H12N2O2/c17-9-12-5-1-2-6-13(12)10-18-14-7-3-4-8-15(14)20-11-16(18)19/h1-8H,10-11H2. The van der Waals surface area contributed by atoms with Crippen LogP contribution in [0, 0.1) is 11.3 Å². The van der Waals surface area contributed by atoms with Crippen LogP contribution in [0.15, 0.2) is 48.5 Å². The Morgan fingerprint density at radius 2 is 1.90 bits per heavy atom. The van der Waals surface area contributed by atoms with Gasteiger partial charge in [0.05, 0.1) is 23.9 Å². The molecule has 0 aromatic heterocycles. The fourth-order valence-electron chi connectivity index (χ4n) is 2.26. The molecule has 0 saturated heterocycles. The summed E-state index contributed by atoms with van der Waals surface area (Å²) < 4.78 is 5.40. The van der Waals surface area contributed by atoms with E-state index in [-0.39, 0.29) is 12.5 Å². The highest BCUT2D eigenvalue weighted by Crippen LogP contribution is 2.32. The number of nitrogens with zero attached hydrogens (tertiary/aromatic N) is 2. The molecule has 0 fully saturated rings. The van der Waals surface area contributed by atoms with Crippen molar-refractivity contribution in [2.45, 2.75) is 6.54 Å². The molecule has 4 nitrogen and oxygen atoms in total. The number of hydrogen-bond donors (Lipinski definition) is 0. The van der Waals surface area contributed by atoms with E-state index in [1.165, 1.54) is 0 Å². The Balaban J connectivity index is 1.98. The van der Waals surface area contributed by atoms with Crippen LogP contribution in [0.2, 0.25) is 0 Å². The van der Waals surface area contributed by atoms with Crippen LogP contribution in [0.5, 0.6) is 5.75 Å². The van der Waals surface area contributed by atoms with Crippen LogP contribution in [0.25, 0.3) is 0 Å². The van der Waals surface area contributed by atoms with Crippen molar-refractivity contribution < 1.29 is 9.53 Å². The molecule has 0 radical (unpaired) electrons. The molecule has 20 heavy (non-hydrogen) atoms. The lowest BCUT2D eigenvalue weighted by Crippen LogP contribution is -2.38. The largest absolute Gasteiger partial charge is 0.482 e. The predicted octanol–water partition coefficient (Wildman–Crippen LogP) is 2.48. The third kappa shape index (κ3) is 2.10. The van der Waals surface area contributed by atoms with E-state index in [2.05, 4.69) is 6.07 Å². The minimum absolute atomic E-state index is 0.0335. The number of anilines is 1. The third-order valence-electron chi connectivity index (χ3n) is 3.27.